The minimum atomic E-state index is -3.64. The Morgan fingerprint density at radius 3 is 2.60 bits per heavy atom. The second kappa shape index (κ2) is 8.61. The number of fused-ring (bicyclic) bond motifs is 1. The molecule has 0 unspecified atom stereocenters. The zero-order valence-corrected chi connectivity index (χ0v) is 18.6. The minimum absolute atomic E-state index is 0.167. The Hall–Kier alpha value is -2.65. The third kappa shape index (κ3) is 4.57. The fraction of sp³-hybridized carbons (Fsp3) is 0.350. The number of rotatable bonds is 6. The van der Waals surface area contributed by atoms with Gasteiger partial charge in [0.1, 0.15) is 17.2 Å². The van der Waals surface area contributed by atoms with Gasteiger partial charge in [-0.3, -0.25) is 9.10 Å². The number of sulfonamides is 1. The Kier molecular flexibility index (Phi) is 6.33. The lowest BCUT2D eigenvalue weighted by molar-refractivity contribution is -0.128. The molecule has 2 aromatic carbocycles. The van der Waals surface area contributed by atoms with Crippen molar-refractivity contribution < 1.29 is 27.4 Å². The summed E-state index contributed by atoms with van der Waals surface area (Å²) in [6.07, 6.45) is 0.0364. The fourth-order valence-electron chi connectivity index (χ4n) is 3.24. The van der Waals surface area contributed by atoms with E-state index in [0.29, 0.717) is 27.8 Å². The first-order valence-corrected chi connectivity index (χ1v) is 11.3. The number of hydrogen-bond acceptors (Lipinski definition) is 6. The van der Waals surface area contributed by atoms with Crippen LogP contribution < -0.4 is 23.8 Å². The van der Waals surface area contributed by atoms with Gasteiger partial charge in [-0.05, 0) is 43.3 Å². The molecule has 0 aromatic heterocycles. The Bertz CT molecular complexity index is 1060. The number of carbonyl (C=O) groups is 1. The van der Waals surface area contributed by atoms with E-state index >= 15 is 0 Å². The molecular formula is C20H23ClN2O6S. The van der Waals surface area contributed by atoms with Gasteiger partial charge >= 0.3 is 0 Å². The van der Waals surface area contributed by atoms with E-state index in [0.717, 1.165) is 10.6 Å². The summed E-state index contributed by atoms with van der Waals surface area (Å²) in [6, 6.07) is 9.45. The maximum absolute atomic E-state index is 12.9. The van der Waals surface area contributed by atoms with Crippen LogP contribution in [0.15, 0.2) is 36.4 Å². The molecule has 1 aliphatic rings. The van der Waals surface area contributed by atoms with E-state index in [9.17, 15) is 13.2 Å². The van der Waals surface area contributed by atoms with E-state index in [1.54, 1.807) is 44.4 Å². The van der Waals surface area contributed by atoms with Gasteiger partial charge in [-0.15, -0.1) is 0 Å². The van der Waals surface area contributed by atoms with Crippen molar-refractivity contribution in [2.45, 2.75) is 19.1 Å². The number of halogens is 1. The summed E-state index contributed by atoms with van der Waals surface area (Å²) in [4.78, 5) is 12.9. The number of carbonyl (C=O) groups excluding carboxylic acids is 1. The molecule has 2 aromatic rings. The highest BCUT2D eigenvalue weighted by atomic mass is 35.5. The highest BCUT2D eigenvalue weighted by molar-refractivity contribution is 7.92. The monoisotopic (exact) mass is 454 g/mol. The summed E-state index contributed by atoms with van der Waals surface area (Å²) in [6.45, 7) is 1.63. The van der Waals surface area contributed by atoms with Gasteiger partial charge in [-0.1, -0.05) is 11.6 Å². The molecule has 1 amide bonds. The molecule has 0 saturated heterocycles. The van der Waals surface area contributed by atoms with Crippen molar-refractivity contribution in [3.05, 3.63) is 47.0 Å². The minimum Gasteiger partial charge on any atom is -0.497 e. The molecule has 8 nitrogen and oxygen atoms in total. The van der Waals surface area contributed by atoms with Crippen LogP contribution >= 0.6 is 11.6 Å². The number of nitrogens with zero attached hydrogens (tertiary/aromatic N) is 1. The van der Waals surface area contributed by atoms with Crippen LogP contribution in [0.1, 0.15) is 18.5 Å². The largest absolute Gasteiger partial charge is 0.497 e. The van der Waals surface area contributed by atoms with Gasteiger partial charge in [-0.2, -0.15) is 0 Å². The van der Waals surface area contributed by atoms with Gasteiger partial charge in [-0.25, -0.2) is 8.42 Å². The van der Waals surface area contributed by atoms with Crippen LogP contribution in [0.4, 0.5) is 5.69 Å². The van der Waals surface area contributed by atoms with Crippen LogP contribution in [0.2, 0.25) is 5.02 Å². The summed E-state index contributed by atoms with van der Waals surface area (Å²) in [7, 11) is -0.557. The van der Waals surface area contributed by atoms with Crippen LogP contribution in [0, 0.1) is 0 Å². The number of hydrogen-bond donors (Lipinski definition) is 1. The van der Waals surface area contributed by atoms with Gasteiger partial charge in [0.2, 0.25) is 10.0 Å². The summed E-state index contributed by atoms with van der Waals surface area (Å²) in [5.74, 6) is 1.02. The van der Waals surface area contributed by atoms with Crippen LogP contribution in [0.5, 0.6) is 17.2 Å². The molecule has 0 spiro atoms. The lowest BCUT2D eigenvalue weighted by Crippen LogP contribution is -2.50. The first-order chi connectivity index (χ1) is 14.1. The van der Waals surface area contributed by atoms with Crippen molar-refractivity contribution >= 4 is 33.2 Å². The smallest absolute Gasteiger partial charge is 0.263 e. The molecular weight excluding hydrogens is 432 g/mol. The van der Waals surface area contributed by atoms with Gasteiger partial charge in [0.15, 0.2) is 6.10 Å². The second-order valence-electron chi connectivity index (χ2n) is 6.85. The van der Waals surface area contributed by atoms with E-state index in [-0.39, 0.29) is 12.3 Å². The molecule has 1 aliphatic heterocycles. The molecule has 0 fully saturated rings. The van der Waals surface area contributed by atoms with Crippen molar-refractivity contribution in [1.82, 2.24) is 5.32 Å². The summed E-state index contributed by atoms with van der Waals surface area (Å²) < 4.78 is 42.1. The van der Waals surface area contributed by atoms with Crippen molar-refractivity contribution in [2.75, 3.05) is 31.3 Å². The Morgan fingerprint density at radius 1 is 1.23 bits per heavy atom. The summed E-state index contributed by atoms with van der Waals surface area (Å²) in [5.41, 5.74) is 1.02. The Morgan fingerprint density at radius 2 is 1.97 bits per heavy atom. The molecule has 1 N–H and O–H groups in total. The number of amides is 1. The number of methoxy groups -OCH3 is 2. The number of anilines is 1. The normalized spacial score (nSPS) is 16.8. The number of ether oxygens (including phenoxy) is 3. The number of benzene rings is 2. The van der Waals surface area contributed by atoms with Crippen LogP contribution in [0.3, 0.4) is 0 Å². The average Bonchev–Trinajstić information content (AvgIpc) is 2.71. The molecule has 10 heteroatoms. The highest BCUT2D eigenvalue weighted by Gasteiger charge is 2.35. The second-order valence-corrected chi connectivity index (χ2v) is 9.19. The van der Waals surface area contributed by atoms with Crippen LogP contribution in [0.25, 0.3) is 0 Å². The predicted octanol–water partition coefficient (Wildman–Crippen LogP) is 2.76. The standard InChI is InChI=1S/C20H23ClN2O6S/c1-12(15-10-14(27-2)6-8-17(15)28-3)22-20(24)19-11-23(30(4,25)26)16-9-13(21)5-7-18(16)29-19/h5-10,12,19H,11H2,1-4H3,(H,22,24)/t12-,19-/m0/s1. The van der Waals surface area contributed by atoms with E-state index in [1.807, 2.05) is 0 Å². The zero-order valence-electron chi connectivity index (χ0n) is 17.0. The maximum atomic E-state index is 12.9. The van der Waals surface area contributed by atoms with Crippen LogP contribution in [-0.4, -0.2) is 47.4 Å². The van der Waals surface area contributed by atoms with E-state index in [2.05, 4.69) is 5.32 Å². The Balaban J connectivity index is 1.85. The maximum Gasteiger partial charge on any atom is 0.263 e. The van der Waals surface area contributed by atoms with Crippen molar-refractivity contribution in [3.63, 3.8) is 0 Å². The predicted molar refractivity (Wildman–Crippen MR) is 114 cm³/mol. The van der Waals surface area contributed by atoms with E-state index in [4.69, 9.17) is 25.8 Å². The highest BCUT2D eigenvalue weighted by Crippen LogP contribution is 2.37. The van der Waals surface area contributed by atoms with E-state index in [1.165, 1.54) is 13.2 Å². The third-order valence-corrected chi connectivity index (χ3v) is 6.13. The third-order valence-electron chi connectivity index (χ3n) is 4.75. The SMILES string of the molecule is COc1ccc(OC)c([C@H](C)NC(=O)[C@@H]2CN(S(C)(=O)=O)c3cc(Cl)ccc3O2)c1. The zero-order chi connectivity index (χ0) is 22.1. The van der Waals surface area contributed by atoms with E-state index < -0.39 is 28.1 Å². The quantitative estimate of drug-likeness (QED) is 0.721. The van der Waals surface area contributed by atoms with Gasteiger partial charge < -0.3 is 19.5 Å². The molecule has 3 rings (SSSR count). The average molecular weight is 455 g/mol. The molecule has 162 valence electrons. The van der Waals surface area contributed by atoms with Gasteiger partial charge in [0, 0.05) is 10.6 Å². The van der Waals surface area contributed by atoms with Crippen molar-refractivity contribution in [3.8, 4) is 17.2 Å². The fourth-order valence-corrected chi connectivity index (χ4v) is 4.31. The topological polar surface area (TPSA) is 94.2 Å². The molecule has 0 saturated carbocycles. The first kappa shape index (κ1) is 22.0. The molecule has 0 bridgehead atoms. The molecule has 2 atom stereocenters. The van der Waals surface area contributed by atoms with Crippen LogP contribution in [-0.2, 0) is 14.8 Å². The number of nitrogens with one attached hydrogen (secondary N) is 1. The lowest BCUT2D eigenvalue weighted by Gasteiger charge is -2.34. The van der Waals surface area contributed by atoms with Gasteiger partial charge in [0.05, 0.1) is 38.7 Å². The molecule has 30 heavy (non-hydrogen) atoms. The summed E-state index contributed by atoms with van der Waals surface area (Å²) >= 11 is 6.00. The van der Waals surface area contributed by atoms with Crippen molar-refractivity contribution in [2.24, 2.45) is 0 Å². The first-order valence-electron chi connectivity index (χ1n) is 9.10. The lowest BCUT2D eigenvalue weighted by atomic mass is 10.1. The Labute approximate surface area is 180 Å². The van der Waals surface area contributed by atoms with Gasteiger partial charge in [0.25, 0.3) is 5.91 Å². The molecule has 1 heterocycles. The molecule has 0 aliphatic carbocycles. The van der Waals surface area contributed by atoms with Crippen molar-refractivity contribution in [1.29, 1.82) is 0 Å². The molecule has 0 radical (unpaired) electrons. The summed E-state index contributed by atoms with van der Waals surface area (Å²) in [5, 5.41) is 3.23.